The van der Waals surface area contributed by atoms with Crippen molar-refractivity contribution in [1.29, 1.82) is 0 Å². The summed E-state index contributed by atoms with van der Waals surface area (Å²) < 4.78 is 5.21. The Labute approximate surface area is 239 Å². The predicted octanol–water partition coefficient (Wildman–Crippen LogP) is 8.52. The summed E-state index contributed by atoms with van der Waals surface area (Å²) in [7, 11) is 0. The van der Waals surface area contributed by atoms with Crippen molar-refractivity contribution in [1.82, 2.24) is 4.57 Å². The van der Waals surface area contributed by atoms with E-state index in [0.717, 1.165) is 25.7 Å². The molecule has 0 saturated heterocycles. The van der Waals surface area contributed by atoms with Crippen molar-refractivity contribution in [3.05, 3.63) is 140 Å². The van der Waals surface area contributed by atoms with Crippen molar-refractivity contribution in [2.24, 2.45) is 0 Å². The van der Waals surface area contributed by atoms with E-state index in [1.807, 2.05) is 11.3 Å². The van der Waals surface area contributed by atoms with Crippen molar-refractivity contribution in [3.8, 4) is 5.69 Å². The van der Waals surface area contributed by atoms with Crippen molar-refractivity contribution in [2.75, 3.05) is 0 Å². The van der Waals surface area contributed by atoms with Crippen molar-refractivity contribution >= 4 is 50.6 Å². The molecule has 0 fully saturated rings. The van der Waals surface area contributed by atoms with Crippen molar-refractivity contribution in [3.63, 3.8) is 0 Å². The minimum absolute atomic E-state index is 0.544. The van der Waals surface area contributed by atoms with Crippen LogP contribution in [0, 0.1) is 0 Å². The number of thiophene rings is 1. The first-order valence-corrected chi connectivity index (χ1v) is 15.3. The number of para-hydroxylation sites is 1. The molecule has 1 nitrogen and oxygen atoms in total. The van der Waals surface area contributed by atoms with E-state index in [-0.39, 0.29) is 0 Å². The SMILES string of the molecule is C/C=C\C=c1\sc2cccc(-n3c4c(c5ccccc53)C=CCC4)c2c1=Cc1cccc2c1CC1=CC=CCC12. The number of nitrogens with zero attached hydrogens (tertiary/aromatic N) is 1. The summed E-state index contributed by atoms with van der Waals surface area (Å²) in [4.78, 5) is 0. The highest BCUT2D eigenvalue weighted by Gasteiger charge is 2.28. The molecule has 1 unspecified atom stereocenters. The smallest absolute Gasteiger partial charge is 0.0552 e. The first-order valence-electron chi connectivity index (χ1n) is 14.4. The Balaban J connectivity index is 1.45. The predicted molar refractivity (Wildman–Crippen MR) is 173 cm³/mol. The summed E-state index contributed by atoms with van der Waals surface area (Å²) in [5.74, 6) is 0.544. The van der Waals surface area contributed by atoms with Crippen LogP contribution in [0.3, 0.4) is 0 Å². The monoisotopic (exact) mass is 533 g/mol. The molecule has 0 amide bonds. The lowest BCUT2D eigenvalue weighted by Crippen LogP contribution is -2.20. The Kier molecular flexibility index (Phi) is 5.63. The average molecular weight is 534 g/mol. The Morgan fingerprint density at radius 2 is 1.90 bits per heavy atom. The zero-order valence-electron chi connectivity index (χ0n) is 22.7. The molecule has 0 bridgehead atoms. The van der Waals surface area contributed by atoms with Gasteiger partial charge in [0.25, 0.3) is 0 Å². The van der Waals surface area contributed by atoms with E-state index in [0.29, 0.717) is 5.92 Å². The van der Waals surface area contributed by atoms with E-state index in [1.54, 1.807) is 5.57 Å². The highest BCUT2D eigenvalue weighted by Crippen LogP contribution is 2.43. The van der Waals surface area contributed by atoms with Crippen molar-refractivity contribution in [2.45, 2.75) is 38.5 Å². The zero-order chi connectivity index (χ0) is 26.6. The number of hydrogen-bond donors (Lipinski definition) is 0. The highest BCUT2D eigenvalue weighted by molar-refractivity contribution is 7.17. The van der Waals surface area contributed by atoms with E-state index in [9.17, 15) is 0 Å². The molecule has 2 heteroatoms. The van der Waals surface area contributed by atoms with E-state index < -0.39 is 0 Å². The molecule has 2 heterocycles. The summed E-state index contributed by atoms with van der Waals surface area (Å²) in [6.07, 6.45) is 25.0. The molecule has 2 aromatic heterocycles. The number of allylic oxidation sites excluding steroid dienone is 7. The third-order valence-corrected chi connectivity index (χ3v) is 9.99. The maximum atomic E-state index is 2.56. The van der Waals surface area contributed by atoms with Gasteiger partial charge in [-0.2, -0.15) is 0 Å². The van der Waals surface area contributed by atoms with Gasteiger partial charge in [0.1, 0.15) is 0 Å². The second kappa shape index (κ2) is 9.50. The molecule has 1 atom stereocenters. The largest absolute Gasteiger partial charge is 0.312 e. The molecule has 3 aromatic carbocycles. The second-order valence-electron chi connectivity index (χ2n) is 11.1. The summed E-state index contributed by atoms with van der Waals surface area (Å²) >= 11 is 1.90. The van der Waals surface area contributed by atoms with Gasteiger partial charge in [-0.05, 0) is 79.6 Å². The first-order chi connectivity index (χ1) is 19.8. The van der Waals surface area contributed by atoms with E-state index in [1.165, 1.54) is 64.4 Å². The molecule has 0 spiro atoms. The highest BCUT2D eigenvalue weighted by atomic mass is 32.1. The van der Waals surface area contributed by atoms with Crippen LogP contribution in [-0.2, 0) is 12.8 Å². The Morgan fingerprint density at radius 3 is 2.85 bits per heavy atom. The van der Waals surface area contributed by atoms with Crippen LogP contribution >= 0.6 is 11.3 Å². The van der Waals surface area contributed by atoms with Crippen LogP contribution in [0.1, 0.15) is 53.6 Å². The quantitative estimate of drug-likeness (QED) is 0.219. The summed E-state index contributed by atoms with van der Waals surface area (Å²) in [5.41, 5.74) is 11.3. The van der Waals surface area contributed by atoms with Gasteiger partial charge < -0.3 is 4.57 Å². The topological polar surface area (TPSA) is 4.93 Å². The third kappa shape index (κ3) is 3.59. The van der Waals surface area contributed by atoms with Gasteiger partial charge in [-0.15, -0.1) is 11.3 Å². The van der Waals surface area contributed by atoms with Crippen molar-refractivity contribution < 1.29 is 0 Å². The number of hydrogen-bond acceptors (Lipinski definition) is 1. The Morgan fingerprint density at radius 1 is 0.975 bits per heavy atom. The van der Waals surface area contributed by atoms with Gasteiger partial charge in [-0.1, -0.05) is 90.6 Å². The van der Waals surface area contributed by atoms with Crippen LogP contribution in [0.5, 0.6) is 0 Å². The van der Waals surface area contributed by atoms with Crippen LogP contribution in [0.4, 0.5) is 0 Å². The molecule has 40 heavy (non-hydrogen) atoms. The minimum Gasteiger partial charge on any atom is -0.312 e. The standard InChI is InChI=1S/C38H31NS/c1-2-3-21-36-32(24-26-13-10-17-28-27-14-5-4-12-25(27)23-31(26)28)38-35(20-11-22-37(38)40-36)39-33-18-8-6-15-29(33)30-16-7-9-19-34(30)39/h2-8,10-13,15-18,20-22,24,27H,9,14,19,23H2,1H3/b3-2-,32-24?,36-21+. The molecule has 3 aliphatic rings. The molecular weight excluding hydrogens is 502 g/mol. The third-order valence-electron chi connectivity index (χ3n) is 8.86. The number of aromatic nitrogens is 1. The van der Waals surface area contributed by atoms with Crippen LogP contribution in [-0.4, -0.2) is 4.57 Å². The number of fused-ring (bicyclic) bond motifs is 7. The maximum absolute atomic E-state index is 2.56. The molecule has 0 radical (unpaired) electrons. The van der Waals surface area contributed by atoms with Gasteiger partial charge in [0.15, 0.2) is 0 Å². The molecule has 8 rings (SSSR count). The van der Waals surface area contributed by atoms with Gasteiger partial charge in [0.05, 0.1) is 11.2 Å². The lowest BCUT2D eigenvalue weighted by Gasteiger charge is -2.15. The molecule has 0 saturated carbocycles. The van der Waals surface area contributed by atoms with E-state index in [2.05, 4.69) is 127 Å². The van der Waals surface area contributed by atoms with E-state index >= 15 is 0 Å². The molecule has 5 aromatic rings. The lowest BCUT2D eigenvalue weighted by molar-refractivity contribution is 0.821. The zero-order valence-corrected chi connectivity index (χ0v) is 23.5. The number of rotatable bonds is 3. The fourth-order valence-corrected chi connectivity index (χ4v) is 8.20. The average Bonchev–Trinajstić information content (AvgIpc) is 3.66. The molecular formula is C38H31NS. The molecule has 194 valence electrons. The fourth-order valence-electron chi connectivity index (χ4n) is 7.09. The van der Waals surface area contributed by atoms with Crippen LogP contribution in [0.25, 0.3) is 44.9 Å². The van der Waals surface area contributed by atoms with Gasteiger partial charge in [-0.25, -0.2) is 0 Å². The van der Waals surface area contributed by atoms with Crippen LogP contribution in [0.2, 0.25) is 0 Å². The maximum Gasteiger partial charge on any atom is 0.0552 e. The summed E-state index contributed by atoms with van der Waals surface area (Å²) in [6.45, 7) is 2.10. The number of benzene rings is 3. The minimum atomic E-state index is 0.544. The summed E-state index contributed by atoms with van der Waals surface area (Å²) in [6, 6.07) is 22.7. The Hall–Kier alpha value is -4.14. The van der Waals surface area contributed by atoms with Crippen LogP contribution in [0.15, 0.2) is 103 Å². The van der Waals surface area contributed by atoms with Crippen LogP contribution < -0.4 is 9.75 Å². The summed E-state index contributed by atoms with van der Waals surface area (Å²) in [5, 5.41) is 4.04. The molecule has 0 N–H and O–H groups in total. The molecule has 3 aliphatic carbocycles. The van der Waals surface area contributed by atoms with Gasteiger partial charge in [0, 0.05) is 42.4 Å². The molecule has 0 aliphatic heterocycles. The second-order valence-corrected chi connectivity index (χ2v) is 12.2. The lowest BCUT2D eigenvalue weighted by atomic mass is 9.91. The fraction of sp³-hybridized carbons (Fsp3) is 0.158. The van der Waals surface area contributed by atoms with Gasteiger partial charge >= 0.3 is 0 Å². The Bertz CT molecular complexity index is 2070. The van der Waals surface area contributed by atoms with Gasteiger partial charge in [-0.3, -0.25) is 0 Å². The van der Waals surface area contributed by atoms with E-state index in [4.69, 9.17) is 0 Å². The van der Waals surface area contributed by atoms with Gasteiger partial charge in [0.2, 0.25) is 0 Å². The normalized spacial score (nSPS) is 18.6. The first kappa shape index (κ1) is 23.7.